The summed E-state index contributed by atoms with van der Waals surface area (Å²) in [6.45, 7) is 6.23. The predicted molar refractivity (Wildman–Crippen MR) is 81.6 cm³/mol. The summed E-state index contributed by atoms with van der Waals surface area (Å²) in [6, 6.07) is 3.44. The molecule has 5 nitrogen and oxygen atoms in total. The van der Waals surface area contributed by atoms with E-state index in [2.05, 4.69) is 0 Å². The van der Waals surface area contributed by atoms with Gasteiger partial charge in [-0.3, -0.25) is 4.79 Å². The quantitative estimate of drug-likeness (QED) is 0.902. The molecule has 1 aliphatic rings. The van der Waals surface area contributed by atoms with Crippen molar-refractivity contribution >= 4 is 15.9 Å². The van der Waals surface area contributed by atoms with Crippen molar-refractivity contribution in [1.29, 1.82) is 0 Å². The first kappa shape index (κ1) is 16.0. The minimum Gasteiger partial charge on any atom is -0.336 e. The number of amides is 1. The van der Waals surface area contributed by atoms with E-state index in [1.54, 1.807) is 13.0 Å². The van der Waals surface area contributed by atoms with Crippen LogP contribution in [-0.4, -0.2) is 31.8 Å². The van der Waals surface area contributed by atoms with Crippen molar-refractivity contribution in [1.82, 2.24) is 4.90 Å². The number of benzene rings is 1. The molecule has 0 spiro atoms. The van der Waals surface area contributed by atoms with Crippen LogP contribution in [0.15, 0.2) is 17.0 Å². The van der Waals surface area contributed by atoms with E-state index in [1.807, 2.05) is 18.7 Å². The van der Waals surface area contributed by atoms with E-state index in [9.17, 15) is 13.2 Å². The van der Waals surface area contributed by atoms with Crippen molar-refractivity contribution < 1.29 is 13.2 Å². The molecule has 1 aromatic carbocycles. The van der Waals surface area contributed by atoms with Crippen molar-refractivity contribution in [2.24, 2.45) is 5.14 Å². The molecule has 1 amide bonds. The summed E-state index contributed by atoms with van der Waals surface area (Å²) in [5.74, 6) is -0.0956. The summed E-state index contributed by atoms with van der Waals surface area (Å²) >= 11 is 0. The van der Waals surface area contributed by atoms with Gasteiger partial charge in [0.2, 0.25) is 10.0 Å². The van der Waals surface area contributed by atoms with E-state index < -0.39 is 10.0 Å². The van der Waals surface area contributed by atoms with Gasteiger partial charge in [0.15, 0.2) is 0 Å². The summed E-state index contributed by atoms with van der Waals surface area (Å²) in [7, 11) is -3.82. The second-order valence-electron chi connectivity index (χ2n) is 5.71. The molecule has 0 radical (unpaired) electrons. The van der Waals surface area contributed by atoms with Gasteiger partial charge in [-0.2, -0.15) is 0 Å². The Labute approximate surface area is 126 Å². The fraction of sp³-hybridized carbons (Fsp3) is 0.533. The molecule has 0 aliphatic heterocycles. The van der Waals surface area contributed by atoms with Crippen LogP contribution in [0.2, 0.25) is 0 Å². The average molecular weight is 310 g/mol. The smallest absolute Gasteiger partial charge is 0.254 e. The van der Waals surface area contributed by atoms with Crippen LogP contribution >= 0.6 is 0 Å². The fourth-order valence-corrected chi connectivity index (χ4v) is 3.39. The highest BCUT2D eigenvalue weighted by Crippen LogP contribution is 2.30. The molecule has 1 aliphatic carbocycles. The van der Waals surface area contributed by atoms with Crippen LogP contribution < -0.4 is 5.14 Å². The number of hydrogen-bond donors (Lipinski definition) is 1. The molecule has 1 aromatic rings. The van der Waals surface area contributed by atoms with Crippen molar-refractivity contribution in [3.05, 3.63) is 28.8 Å². The Morgan fingerprint density at radius 3 is 2.38 bits per heavy atom. The number of primary sulfonamides is 1. The van der Waals surface area contributed by atoms with Gasteiger partial charge >= 0.3 is 0 Å². The lowest BCUT2D eigenvalue weighted by molar-refractivity contribution is 0.0742. The Balaban J connectivity index is 2.45. The highest BCUT2D eigenvalue weighted by molar-refractivity contribution is 7.89. The third-order valence-corrected chi connectivity index (χ3v) is 4.82. The molecule has 0 bridgehead atoms. The number of sulfonamides is 1. The third-order valence-electron chi connectivity index (χ3n) is 3.77. The molecule has 6 heteroatoms. The van der Waals surface area contributed by atoms with Crippen molar-refractivity contribution in [2.45, 2.75) is 51.0 Å². The lowest BCUT2D eigenvalue weighted by Gasteiger charge is -2.23. The molecule has 1 saturated carbocycles. The van der Waals surface area contributed by atoms with Gasteiger partial charge in [0.25, 0.3) is 5.91 Å². The summed E-state index contributed by atoms with van der Waals surface area (Å²) in [4.78, 5) is 14.6. The van der Waals surface area contributed by atoms with Crippen LogP contribution in [0.1, 0.15) is 47.7 Å². The Morgan fingerprint density at radius 2 is 1.90 bits per heavy atom. The lowest BCUT2D eigenvalue weighted by Crippen LogP contribution is -2.34. The first-order chi connectivity index (χ1) is 9.75. The third kappa shape index (κ3) is 3.44. The van der Waals surface area contributed by atoms with Crippen molar-refractivity contribution in [2.75, 3.05) is 6.54 Å². The zero-order chi connectivity index (χ0) is 15.8. The van der Waals surface area contributed by atoms with Gasteiger partial charge in [-0.1, -0.05) is 13.0 Å². The molecule has 0 heterocycles. The maximum Gasteiger partial charge on any atom is 0.254 e. The standard InChI is InChI=1S/C15H22N2O3S/c1-4-7-17(12-5-6-12)15(18)13-9-14(21(16,19)20)11(3)8-10(13)2/h8-9,12H,4-7H2,1-3H3,(H2,16,19,20). The predicted octanol–water partition coefficient (Wildman–Crippen LogP) is 1.97. The molecule has 0 unspecified atom stereocenters. The Hall–Kier alpha value is -1.40. The summed E-state index contributed by atoms with van der Waals surface area (Å²) in [5, 5.41) is 5.23. The monoisotopic (exact) mass is 310 g/mol. The molecule has 116 valence electrons. The summed E-state index contributed by atoms with van der Waals surface area (Å²) in [5.41, 5.74) is 1.79. The highest BCUT2D eigenvalue weighted by Gasteiger charge is 2.33. The molecule has 0 saturated heterocycles. The van der Waals surface area contributed by atoms with E-state index in [0.717, 1.165) is 24.8 Å². The second kappa shape index (κ2) is 5.77. The largest absolute Gasteiger partial charge is 0.336 e. The number of aryl methyl sites for hydroxylation is 2. The number of nitrogens with zero attached hydrogens (tertiary/aromatic N) is 1. The summed E-state index contributed by atoms with van der Waals surface area (Å²) < 4.78 is 23.3. The van der Waals surface area contributed by atoms with E-state index in [4.69, 9.17) is 5.14 Å². The molecular formula is C15H22N2O3S. The Bertz CT molecular complexity index is 664. The van der Waals surface area contributed by atoms with Gasteiger partial charge in [-0.05, 0) is 50.3 Å². The molecule has 2 rings (SSSR count). The van der Waals surface area contributed by atoms with Gasteiger partial charge in [0.05, 0.1) is 4.90 Å². The normalized spacial score (nSPS) is 15.0. The van der Waals surface area contributed by atoms with Crippen LogP contribution in [0, 0.1) is 13.8 Å². The zero-order valence-corrected chi connectivity index (χ0v) is 13.5. The van der Waals surface area contributed by atoms with Crippen LogP contribution in [0.25, 0.3) is 0 Å². The number of carbonyl (C=O) groups excluding carboxylic acids is 1. The fourth-order valence-electron chi connectivity index (χ4n) is 2.60. The van der Waals surface area contributed by atoms with Crippen LogP contribution in [0.4, 0.5) is 0 Å². The highest BCUT2D eigenvalue weighted by atomic mass is 32.2. The first-order valence-corrected chi connectivity index (χ1v) is 8.75. The lowest BCUT2D eigenvalue weighted by atomic mass is 10.0. The van der Waals surface area contributed by atoms with Gasteiger partial charge in [0, 0.05) is 18.2 Å². The average Bonchev–Trinajstić information content (AvgIpc) is 3.17. The van der Waals surface area contributed by atoms with Gasteiger partial charge in [0.1, 0.15) is 0 Å². The van der Waals surface area contributed by atoms with Gasteiger partial charge in [-0.25, -0.2) is 13.6 Å². The van der Waals surface area contributed by atoms with Gasteiger partial charge < -0.3 is 4.90 Å². The topological polar surface area (TPSA) is 80.5 Å². The first-order valence-electron chi connectivity index (χ1n) is 7.20. The van der Waals surface area contributed by atoms with E-state index >= 15 is 0 Å². The molecule has 0 atom stereocenters. The van der Waals surface area contributed by atoms with Crippen molar-refractivity contribution in [3.8, 4) is 0 Å². The van der Waals surface area contributed by atoms with Crippen LogP contribution in [0.5, 0.6) is 0 Å². The molecular weight excluding hydrogens is 288 g/mol. The maximum absolute atomic E-state index is 12.7. The van der Waals surface area contributed by atoms with E-state index in [-0.39, 0.29) is 10.8 Å². The molecule has 0 aromatic heterocycles. The van der Waals surface area contributed by atoms with E-state index in [0.29, 0.717) is 23.7 Å². The van der Waals surface area contributed by atoms with Crippen LogP contribution in [-0.2, 0) is 10.0 Å². The second-order valence-corrected chi connectivity index (χ2v) is 7.24. The van der Waals surface area contributed by atoms with E-state index in [1.165, 1.54) is 6.07 Å². The zero-order valence-electron chi connectivity index (χ0n) is 12.7. The number of carbonyl (C=O) groups is 1. The van der Waals surface area contributed by atoms with Crippen LogP contribution in [0.3, 0.4) is 0 Å². The number of hydrogen-bond acceptors (Lipinski definition) is 3. The Kier molecular flexibility index (Phi) is 4.39. The van der Waals surface area contributed by atoms with Crippen molar-refractivity contribution in [3.63, 3.8) is 0 Å². The minimum atomic E-state index is -3.82. The number of rotatable bonds is 5. The molecule has 2 N–H and O–H groups in total. The number of nitrogens with two attached hydrogens (primary N) is 1. The Morgan fingerprint density at radius 1 is 1.29 bits per heavy atom. The molecule has 21 heavy (non-hydrogen) atoms. The summed E-state index contributed by atoms with van der Waals surface area (Å²) in [6.07, 6.45) is 2.94. The molecule has 1 fully saturated rings. The van der Waals surface area contributed by atoms with Gasteiger partial charge in [-0.15, -0.1) is 0 Å². The minimum absolute atomic E-state index is 0.0312. The maximum atomic E-state index is 12.7. The SMILES string of the molecule is CCCN(C(=O)c1cc(S(N)(=O)=O)c(C)cc1C)C1CC1.